The van der Waals surface area contributed by atoms with E-state index in [4.69, 9.17) is 16.3 Å². The topological polar surface area (TPSA) is 50.4 Å². The smallest absolute Gasteiger partial charge is 0.262 e. The number of thiophene rings is 1. The molecule has 1 aliphatic rings. The summed E-state index contributed by atoms with van der Waals surface area (Å²) in [6, 6.07) is 1.74. The molecule has 1 aliphatic heterocycles. The molecular weight excluding hydrogens is 307 g/mol. The van der Waals surface area contributed by atoms with Crippen LogP contribution in [0.1, 0.15) is 22.5 Å². The van der Waals surface area contributed by atoms with Gasteiger partial charge in [-0.05, 0) is 30.8 Å². The predicted octanol–water partition coefficient (Wildman–Crippen LogP) is 2.32. The van der Waals surface area contributed by atoms with E-state index < -0.39 is 0 Å². The van der Waals surface area contributed by atoms with E-state index in [-0.39, 0.29) is 23.9 Å². The lowest BCUT2D eigenvalue weighted by Gasteiger charge is -2.28. The molecule has 0 aliphatic carbocycles. The summed E-state index contributed by atoms with van der Waals surface area (Å²) in [6.45, 7) is 2.14. The van der Waals surface area contributed by atoms with Gasteiger partial charge in [0.1, 0.15) is 4.88 Å². The van der Waals surface area contributed by atoms with Crippen molar-refractivity contribution in [2.75, 3.05) is 26.8 Å². The Hall–Kier alpha value is -0.330. The molecule has 0 saturated carbocycles. The second-order valence-corrected chi connectivity index (χ2v) is 5.85. The predicted molar refractivity (Wildman–Crippen MR) is 80.8 cm³/mol. The Labute approximate surface area is 128 Å². The molecular formula is C12H18Cl2N2O2S. The monoisotopic (exact) mass is 324 g/mol. The number of methoxy groups -OCH3 is 1. The average Bonchev–Trinajstić information content (AvgIpc) is 2.97. The highest BCUT2D eigenvalue weighted by Gasteiger charge is 2.34. The molecule has 0 aromatic carbocycles. The van der Waals surface area contributed by atoms with E-state index in [0.29, 0.717) is 23.1 Å². The van der Waals surface area contributed by atoms with Crippen molar-refractivity contribution >= 4 is 41.3 Å². The maximum atomic E-state index is 12.0. The van der Waals surface area contributed by atoms with Crippen molar-refractivity contribution in [3.8, 4) is 0 Å². The molecule has 1 aromatic heterocycles. The van der Waals surface area contributed by atoms with Gasteiger partial charge in [0.25, 0.3) is 5.91 Å². The van der Waals surface area contributed by atoms with Gasteiger partial charge in [-0.15, -0.1) is 23.7 Å². The van der Waals surface area contributed by atoms with Crippen molar-refractivity contribution in [2.45, 2.75) is 18.4 Å². The summed E-state index contributed by atoms with van der Waals surface area (Å²) in [7, 11) is 1.68. The molecule has 1 unspecified atom stereocenters. The van der Waals surface area contributed by atoms with Gasteiger partial charge in [0.05, 0.1) is 17.2 Å². The summed E-state index contributed by atoms with van der Waals surface area (Å²) in [5, 5.41) is 8.68. The Morgan fingerprint density at radius 1 is 1.68 bits per heavy atom. The van der Waals surface area contributed by atoms with Crippen LogP contribution in [0.3, 0.4) is 0 Å². The first kappa shape index (κ1) is 16.7. The lowest BCUT2D eigenvalue weighted by atomic mass is 9.98. The number of carbonyl (C=O) groups excluding carboxylic acids is 1. The van der Waals surface area contributed by atoms with Gasteiger partial charge in [-0.3, -0.25) is 4.79 Å². The number of rotatable bonds is 5. The molecule has 1 fully saturated rings. The minimum absolute atomic E-state index is 0. The number of nitrogens with one attached hydrogen (secondary N) is 2. The average molecular weight is 325 g/mol. The number of hydrogen-bond acceptors (Lipinski definition) is 4. The van der Waals surface area contributed by atoms with Gasteiger partial charge >= 0.3 is 0 Å². The maximum absolute atomic E-state index is 12.0. The summed E-state index contributed by atoms with van der Waals surface area (Å²) >= 11 is 7.29. The van der Waals surface area contributed by atoms with Crippen LogP contribution in [0, 0.1) is 0 Å². The van der Waals surface area contributed by atoms with E-state index in [0.717, 1.165) is 19.4 Å². The van der Waals surface area contributed by atoms with Gasteiger partial charge < -0.3 is 15.4 Å². The minimum atomic E-state index is -0.131. The fourth-order valence-electron chi connectivity index (χ4n) is 2.26. The molecule has 19 heavy (non-hydrogen) atoms. The van der Waals surface area contributed by atoms with E-state index in [1.54, 1.807) is 13.2 Å². The molecule has 1 aromatic rings. The first-order valence-electron chi connectivity index (χ1n) is 5.92. The highest BCUT2D eigenvalue weighted by molar-refractivity contribution is 7.12. The third kappa shape index (κ3) is 4.07. The van der Waals surface area contributed by atoms with Gasteiger partial charge in [-0.2, -0.15) is 0 Å². The van der Waals surface area contributed by atoms with Crippen LogP contribution in [0.15, 0.2) is 11.4 Å². The third-order valence-electron chi connectivity index (χ3n) is 3.16. The van der Waals surface area contributed by atoms with Gasteiger partial charge in [0.15, 0.2) is 0 Å². The molecule has 1 atom stereocenters. The summed E-state index contributed by atoms with van der Waals surface area (Å²) in [5.41, 5.74) is -0.131. The standard InChI is InChI=1S/C12H17ClN2O2S.ClH/c1-17-8-12(4-2-5-15-12)7-14-11(16)10-9(13)3-6-18-10;/h3,6,15H,2,4-5,7-8H2,1H3,(H,14,16);1H. The van der Waals surface area contributed by atoms with Crippen molar-refractivity contribution in [1.82, 2.24) is 10.6 Å². The Bertz CT molecular complexity index is 420. The van der Waals surface area contributed by atoms with Gasteiger partial charge in [-0.1, -0.05) is 11.6 Å². The van der Waals surface area contributed by atoms with Crippen molar-refractivity contribution in [1.29, 1.82) is 0 Å². The van der Waals surface area contributed by atoms with Crippen molar-refractivity contribution in [2.24, 2.45) is 0 Å². The lowest BCUT2D eigenvalue weighted by Crippen LogP contribution is -2.52. The first-order chi connectivity index (χ1) is 8.67. The number of hydrogen-bond donors (Lipinski definition) is 2. The third-order valence-corrected chi connectivity index (χ3v) is 4.50. The van der Waals surface area contributed by atoms with Crippen LogP contribution in [-0.4, -0.2) is 38.3 Å². The second kappa shape index (κ2) is 7.45. The van der Waals surface area contributed by atoms with Crippen molar-refractivity contribution < 1.29 is 9.53 Å². The van der Waals surface area contributed by atoms with Crippen LogP contribution < -0.4 is 10.6 Å². The molecule has 2 rings (SSSR count). The van der Waals surface area contributed by atoms with E-state index in [1.165, 1.54) is 11.3 Å². The maximum Gasteiger partial charge on any atom is 0.262 e. The molecule has 2 heterocycles. The summed E-state index contributed by atoms with van der Waals surface area (Å²) in [6.07, 6.45) is 2.12. The summed E-state index contributed by atoms with van der Waals surface area (Å²) in [5.74, 6) is -0.112. The SMILES string of the molecule is COCC1(CNC(=O)c2sccc2Cl)CCCN1.Cl. The van der Waals surface area contributed by atoms with Crippen LogP contribution in [-0.2, 0) is 4.74 Å². The van der Waals surface area contributed by atoms with Crippen LogP contribution in [0.4, 0.5) is 0 Å². The molecule has 2 N–H and O–H groups in total. The molecule has 4 nitrogen and oxygen atoms in total. The zero-order valence-corrected chi connectivity index (χ0v) is 13.1. The van der Waals surface area contributed by atoms with Crippen LogP contribution in [0.25, 0.3) is 0 Å². The molecule has 0 bridgehead atoms. The molecule has 0 spiro atoms. The molecule has 108 valence electrons. The molecule has 7 heteroatoms. The first-order valence-corrected chi connectivity index (χ1v) is 7.18. The van der Waals surface area contributed by atoms with Gasteiger partial charge in [0.2, 0.25) is 0 Å². The summed E-state index contributed by atoms with van der Waals surface area (Å²) < 4.78 is 5.24. The highest BCUT2D eigenvalue weighted by atomic mass is 35.5. The van der Waals surface area contributed by atoms with E-state index in [9.17, 15) is 4.79 Å². The Morgan fingerprint density at radius 3 is 3.00 bits per heavy atom. The van der Waals surface area contributed by atoms with Crippen molar-refractivity contribution in [3.63, 3.8) is 0 Å². The number of amides is 1. The normalized spacial score (nSPS) is 22.0. The Kier molecular flexibility index (Phi) is 6.56. The zero-order valence-electron chi connectivity index (χ0n) is 10.7. The van der Waals surface area contributed by atoms with E-state index in [1.807, 2.05) is 5.38 Å². The lowest BCUT2D eigenvalue weighted by molar-refractivity contribution is 0.0896. The van der Waals surface area contributed by atoms with Crippen LogP contribution in [0.2, 0.25) is 5.02 Å². The minimum Gasteiger partial charge on any atom is -0.383 e. The molecule has 0 radical (unpaired) electrons. The van der Waals surface area contributed by atoms with Crippen LogP contribution in [0.5, 0.6) is 0 Å². The molecule has 1 saturated heterocycles. The van der Waals surface area contributed by atoms with E-state index in [2.05, 4.69) is 10.6 Å². The number of halogens is 2. The fourth-order valence-corrected chi connectivity index (χ4v) is 3.31. The fraction of sp³-hybridized carbons (Fsp3) is 0.583. The summed E-state index contributed by atoms with van der Waals surface area (Å²) in [4.78, 5) is 12.5. The Balaban J connectivity index is 0.00000180. The number of carbonyl (C=O) groups is 1. The second-order valence-electron chi connectivity index (χ2n) is 4.52. The van der Waals surface area contributed by atoms with Gasteiger partial charge in [0, 0.05) is 13.7 Å². The quantitative estimate of drug-likeness (QED) is 0.874. The largest absolute Gasteiger partial charge is 0.383 e. The highest BCUT2D eigenvalue weighted by Crippen LogP contribution is 2.23. The van der Waals surface area contributed by atoms with Gasteiger partial charge in [-0.25, -0.2) is 0 Å². The molecule has 1 amide bonds. The van der Waals surface area contributed by atoms with E-state index >= 15 is 0 Å². The number of ether oxygens (including phenoxy) is 1. The van der Waals surface area contributed by atoms with Crippen LogP contribution >= 0.6 is 35.3 Å². The van der Waals surface area contributed by atoms with Crippen molar-refractivity contribution in [3.05, 3.63) is 21.3 Å². The zero-order chi connectivity index (χ0) is 13.0. The Morgan fingerprint density at radius 2 is 2.47 bits per heavy atom.